The molecule has 1 aromatic rings. The summed E-state index contributed by atoms with van der Waals surface area (Å²) in [5.74, 6) is -2.15. The molecule has 90 valence electrons. The molecule has 0 aliphatic rings. The van der Waals surface area contributed by atoms with Crippen LogP contribution in [0.1, 0.15) is 12.5 Å². The lowest BCUT2D eigenvalue weighted by atomic mass is 10.2. The average molecular weight is 237 g/mol. The Hall–Kier alpha value is -2.17. The van der Waals surface area contributed by atoms with Crippen molar-refractivity contribution in [2.24, 2.45) is 0 Å². The number of carboxylic acid groups (broad SMARTS) is 1. The standard InChI is InChI=1S/C12H12FNO3/c1-8(12(16)17)14-11(15)7-6-9-4-2-3-5-10(9)13/h2-8H,1H3,(H,14,15)(H,16,17)/b7-6+/t8-/m0/s1. The lowest BCUT2D eigenvalue weighted by Gasteiger charge is -2.05. The summed E-state index contributed by atoms with van der Waals surface area (Å²) < 4.78 is 13.2. The number of carbonyl (C=O) groups excluding carboxylic acids is 1. The molecule has 0 saturated heterocycles. The minimum Gasteiger partial charge on any atom is -0.480 e. The first-order valence-electron chi connectivity index (χ1n) is 4.96. The van der Waals surface area contributed by atoms with Gasteiger partial charge in [0.15, 0.2) is 0 Å². The molecule has 0 spiro atoms. The van der Waals surface area contributed by atoms with Crippen molar-refractivity contribution in [3.05, 3.63) is 41.7 Å². The minimum atomic E-state index is -1.13. The van der Waals surface area contributed by atoms with Gasteiger partial charge < -0.3 is 10.4 Å². The van der Waals surface area contributed by atoms with Crippen LogP contribution < -0.4 is 5.32 Å². The van der Waals surface area contributed by atoms with E-state index in [-0.39, 0.29) is 5.56 Å². The van der Waals surface area contributed by atoms with E-state index >= 15 is 0 Å². The normalized spacial score (nSPS) is 12.4. The highest BCUT2D eigenvalue weighted by molar-refractivity contribution is 5.94. The Bertz CT molecular complexity index is 457. The van der Waals surface area contributed by atoms with Gasteiger partial charge in [0.1, 0.15) is 11.9 Å². The molecule has 0 fully saturated rings. The molecule has 0 radical (unpaired) electrons. The van der Waals surface area contributed by atoms with Gasteiger partial charge in [-0.25, -0.2) is 4.39 Å². The minimum absolute atomic E-state index is 0.269. The zero-order chi connectivity index (χ0) is 12.8. The van der Waals surface area contributed by atoms with E-state index < -0.39 is 23.7 Å². The van der Waals surface area contributed by atoms with Gasteiger partial charge in [0.05, 0.1) is 0 Å². The molecule has 4 nitrogen and oxygen atoms in total. The molecule has 17 heavy (non-hydrogen) atoms. The number of carbonyl (C=O) groups is 2. The van der Waals surface area contributed by atoms with Gasteiger partial charge >= 0.3 is 5.97 Å². The van der Waals surface area contributed by atoms with E-state index in [1.807, 2.05) is 0 Å². The average Bonchev–Trinajstić information content (AvgIpc) is 2.27. The fraction of sp³-hybridized carbons (Fsp3) is 0.167. The van der Waals surface area contributed by atoms with Gasteiger partial charge in [-0.1, -0.05) is 18.2 Å². The van der Waals surface area contributed by atoms with E-state index in [4.69, 9.17) is 5.11 Å². The smallest absolute Gasteiger partial charge is 0.325 e. The van der Waals surface area contributed by atoms with Gasteiger partial charge in [-0.2, -0.15) is 0 Å². The van der Waals surface area contributed by atoms with Crippen LogP contribution in [0.25, 0.3) is 6.08 Å². The number of hydrogen-bond donors (Lipinski definition) is 2. The van der Waals surface area contributed by atoms with Gasteiger partial charge in [-0.15, -0.1) is 0 Å². The van der Waals surface area contributed by atoms with Crippen LogP contribution in [0.5, 0.6) is 0 Å². The van der Waals surface area contributed by atoms with E-state index in [1.54, 1.807) is 12.1 Å². The highest BCUT2D eigenvalue weighted by atomic mass is 19.1. The van der Waals surface area contributed by atoms with Crippen molar-refractivity contribution in [3.8, 4) is 0 Å². The molecule has 0 unspecified atom stereocenters. The second-order valence-corrected chi connectivity index (χ2v) is 3.42. The van der Waals surface area contributed by atoms with Crippen molar-refractivity contribution in [3.63, 3.8) is 0 Å². The Morgan fingerprint density at radius 3 is 2.65 bits per heavy atom. The van der Waals surface area contributed by atoms with E-state index in [0.717, 1.165) is 6.08 Å². The lowest BCUT2D eigenvalue weighted by molar-refractivity contribution is -0.140. The Kier molecular flexibility index (Phi) is 4.39. The summed E-state index contributed by atoms with van der Waals surface area (Å²) in [7, 11) is 0. The summed E-state index contributed by atoms with van der Waals surface area (Å²) >= 11 is 0. The molecular formula is C12H12FNO3. The predicted octanol–water partition coefficient (Wildman–Crippen LogP) is 1.43. The molecule has 1 aromatic carbocycles. The van der Waals surface area contributed by atoms with Crippen LogP contribution in [0, 0.1) is 5.82 Å². The van der Waals surface area contributed by atoms with Crippen molar-refractivity contribution in [1.82, 2.24) is 5.32 Å². The maximum absolute atomic E-state index is 13.2. The number of carboxylic acids is 1. The third-order valence-electron chi connectivity index (χ3n) is 2.05. The van der Waals surface area contributed by atoms with Gasteiger partial charge in [-0.3, -0.25) is 9.59 Å². The van der Waals surface area contributed by atoms with Crippen LogP contribution in [0.3, 0.4) is 0 Å². The number of amides is 1. The highest BCUT2D eigenvalue weighted by Crippen LogP contribution is 2.07. The van der Waals surface area contributed by atoms with E-state index in [1.165, 1.54) is 25.1 Å². The van der Waals surface area contributed by atoms with Crippen molar-refractivity contribution in [2.45, 2.75) is 13.0 Å². The van der Waals surface area contributed by atoms with Gasteiger partial charge in [0, 0.05) is 11.6 Å². The highest BCUT2D eigenvalue weighted by Gasteiger charge is 2.11. The monoisotopic (exact) mass is 237 g/mol. The lowest BCUT2D eigenvalue weighted by Crippen LogP contribution is -2.37. The fourth-order valence-corrected chi connectivity index (χ4v) is 1.10. The Labute approximate surface area is 97.8 Å². The maximum Gasteiger partial charge on any atom is 0.325 e. The second-order valence-electron chi connectivity index (χ2n) is 3.42. The first kappa shape index (κ1) is 12.9. The molecule has 5 heteroatoms. The van der Waals surface area contributed by atoms with Gasteiger partial charge in [0.2, 0.25) is 5.91 Å². The van der Waals surface area contributed by atoms with Crippen LogP contribution in [0.2, 0.25) is 0 Å². The number of aliphatic carboxylic acids is 1. The summed E-state index contributed by atoms with van der Waals surface area (Å²) in [5, 5.41) is 10.8. The topological polar surface area (TPSA) is 66.4 Å². The van der Waals surface area contributed by atoms with E-state index in [9.17, 15) is 14.0 Å². The molecular weight excluding hydrogens is 225 g/mol. The summed E-state index contributed by atoms with van der Waals surface area (Å²) in [5.41, 5.74) is 0.269. The third-order valence-corrected chi connectivity index (χ3v) is 2.05. The van der Waals surface area contributed by atoms with Crippen LogP contribution in [0.15, 0.2) is 30.3 Å². The Morgan fingerprint density at radius 2 is 2.06 bits per heavy atom. The number of hydrogen-bond acceptors (Lipinski definition) is 2. The largest absolute Gasteiger partial charge is 0.480 e. The maximum atomic E-state index is 13.2. The molecule has 0 heterocycles. The summed E-state index contributed by atoms with van der Waals surface area (Å²) in [6, 6.07) is 4.99. The molecule has 2 N–H and O–H groups in total. The molecule has 0 saturated carbocycles. The van der Waals surface area contributed by atoms with Crippen LogP contribution in [-0.4, -0.2) is 23.0 Å². The van der Waals surface area contributed by atoms with Gasteiger partial charge in [0.25, 0.3) is 0 Å². The van der Waals surface area contributed by atoms with Crippen LogP contribution in [-0.2, 0) is 9.59 Å². The summed E-state index contributed by atoms with van der Waals surface area (Å²) in [4.78, 5) is 21.7. The van der Waals surface area contributed by atoms with Crippen molar-refractivity contribution in [2.75, 3.05) is 0 Å². The first-order chi connectivity index (χ1) is 8.00. The SMILES string of the molecule is C[C@H](NC(=O)/C=C/c1ccccc1F)C(=O)O. The molecule has 1 rings (SSSR count). The quantitative estimate of drug-likeness (QED) is 0.778. The van der Waals surface area contributed by atoms with E-state index in [0.29, 0.717) is 0 Å². The molecule has 0 aliphatic heterocycles. The number of halogens is 1. The van der Waals surface area contributed by atoms with Crippen LogP contribution >= 0.6 is 0 Å². The zero-order valence-corrected chi connectivity index (χ0v) is 9.18. The molecule has 0 aromatic heterocycles. The number of benzene rings is 1. The van der Waals surface area contributed by atoms with E-state index in [2.05, 4.69) is 5.32 Å². The van der Waals surface area contributed by atoms with Crippen molar-refractivity contribution >= 4 is 18.0 Å². The Balaban J connectivity index is 2.63. The summed E-state index contributed by atoms with van der Waals surface area (Å²) in [6.45, 7) is 1.34. The number of nitrogens with one attached hydrogen (secondary N) is 1. The van der Waals surface area contributed by atoms with Gasteiger partial charge in [-0.05, 0) is 19.1 Å². The third kappa shape index (κ3) is 4.06. The Morgan fingerprint density at radius 1 is 1.41 bits per heavy atom. The second kappa shape index (κ2) is 5.79. The zero-order valence-electron chi connectivity index (χ0n) is 9.18. The molecule has 1 amide bonds. The fourth-order valence-electron chi connectivity index (χ4n) is 1.10. The van der Waals surface area contributed by atoms with Crippen LogP contribution in [0.4, 0.5) is 4.39 Å². The molecule has 0 bridgehead atoms. The summed E-state index contributed by atoms with van der Waals surface area (Å²) in [6.07, 6.45) is 2.39. The molecule has 0 aliphatic carbocycles. The molecule has 1 atom stereocenters. The predicted molar refractivity (Wildman–Crippen MR) is 60.7 cm³/mol. The first-order valence-corrected chi connectivity index (χ1v) is 4.96. The van der Waals surface area contributed by atoms with Crippen molar-refractivity contribution < 1.29 is 19.1 Å². The number of rotatable bonds is 4. The van der Waals surface area contributed by atoms with Crippen molar-refractivity contribution in [1.29, 1.82) is 0 Å².